The average Bonchev–Trinajstić information content (AvgIpc) is 3.20. The first-order valence-corrected chi connectivity index (χ1v) is 10.7. The SMILES string of the molecule is CC1(C)[C@@H]2CC[C@@H](C2)[C@]1(C)NC(=O)CN1CCN(Cc2ccccc2)CC1. The van der Waals surface area contributed by atoms with Crippen LogP contribution in [0.3, 0.4) is 0 Å². The summed E-state index contributed by atoms with van der Waals surface area (Å²) in [7, 11) is 0. The molecule has 4 rings (SSSR count). The van der Waals surface area contributed by atoms with Crippen molar-refractivity contribution in [2.24, 2.45) is 17.3 Å². The number of nitrogens with zero attached hydrogens (tertiary/aromatic N) is 2. The summed E-state index contributed by atoms with van der Waals surface area (Å²) in [6, 6.07) is 10.7. The van der Waals surface area contributed by atoms with Gasteiger partial charge in [0.1, 0.15) is 0 Å². The van der Waals surface area contributed by atoms with Crippen LogP contribution in [0.1, 0.15) is 45.6 Å². The topological polar surface area (TPSA) is 35.6 Å². The number of nitrogens with one attached hydrogen (secondary N) is 1. The maximum atomic E-state index is 12.8. The molecule has 1 aromatic rings. The van der Waals surface area contributed by atoms with Gasteiger partial charge in [-0.05, 0) is 49.0 Å². The molecular formula is C23H35N3O. The van der Waals surface area contributed by atoms with Gasteiger partial charge >= 0.3 is 0 Å². The van der Waals surface area contributed by atoms with Crippen molar-refractivity contribution in [3.8, 4) is 0 Å². The molecule has 3 aliphatic rings. The van der Waals surface area contributed by atoms with Crippen LogP contribution < -0.4 is 5.32 Å². The standard InChI is InChI=1S/C23H35N3O/c1-22(2)19-9-10-20(15-19)23(22,3)24-21(27)17-26-13-11-25(12-14-26)16-18-7-5-4-6-8-18/h4-8,19-20H,9-17H2,1-3H3,(H,24,27)/t19-,20+,23+/m1/s1. The fourth-order valence-corrected chi connectivity index (χ4v) is 5.85. The zero-order valence-corrected chi connectivity index (χ0v) is 17.2. The molecule has 0 unspecified atom stereocenters. The molecule has 1 aliphatic heterocycles. The molecule has 1 N–H and O–H groups in total. The van der Waals surface area contributed by atoms with Crippen LogP contribution >= 0.6 is 0 Å². The Morgan fingerprint density at radius 3 is 2.26 bits per heavy atom. The molecule has 3 atom stereocenters. The van der Waals surface area contributed by atoms with Crippen molar-refractivity contribution in [3.05, 3.63) is 35.9 Å². The molecule has 1 saturated heterocycles. The molecule has 1 aromatic carbocycles. The van der Waals surface area contributed by atoms with E-state index in [2.05, 4.69) is 66.2 Å². The van der Waals surface area contributed by atoms with Crippen molar-refractivity contribution < 1.29 is 4.79 Å². The quantitative estimate of drug-likeness (QED) is 0.866. The highest BCUT2D eigenvalue weighted by atomic mass is 16.2. The van der Waals surface area contributed by atoms with Crippen molar-refractivity contribution in [2.75, 3.05) is 32.7 Å². The first-order chi connectivity index (χ1) is 12.9. The Balaban J connectivity index is 1.26. The number of rotatable bonds is 5. The molecule has 4 nitrogen and oxygen atoms in total. The number of fused-ring (bicyclic) bond motifs is 2. The Kier molecular flexibility index (Phi) is 5.06. The van der Waals surface area contributed by atoms with Crippen LogP contribution in [-0.4, -0.2) is 54.0 Å². The molecule has 2 bridgehead atoms. The first kappa shape index (κ1) is 18.9. The molecule has 1 amide bonds. The Bertz CT molecular complexity index is 665. The number of carbonyl (C=O) groups is 1. The van der Waals surface area contributed by atoms with E-state index in [1.54, 1.807) is 0 Å². The lowest BCUT2D eigenvalue weighted by Crippen LogP contribution is -2.61. The van der Waals surface area contributed by atoms with Gasteiger partial charge < -0.3 is 5.32 Å². The van der Waals surface area contributed by atoms with Crippen LogP contribution in [0.4, 0.5) is 0 Å². The zero-order valence-electron chi connectivity index (χ0n) is 17.2. The van der Waals surface area contributed by atoms with Crippen molar-refractivity contribution in [3.63, 3.8) is 0 Å². The third-order valence-electron chi connectivity index (χ3n) is 8.09. The van der Waals surface area contributed by atoms with Crippen molar-refractivity contribution in [1.29, 1.82) is 0 Å². The lowest BCUT2D eigenvalue weighted by atomic mass is 9.64. The molecule has 0 spiro atoms. The highest BCUT2D eigenvalue weighted by Crippen LogP contribution is 2.61. The van der Waals surface area contributed by atoms with E-state index in [9.17, 15) is 4.79 Å². The van der Waals surface area contributed by atoms with Gasteiger partial charge in [-0.1, -0.05) is 44.2 Å². The van der Waals surface area contributed by atoms with Gasteiger partial charge in [0, 0.05) is 38.3 Å². The molecule has 0 radical (unpaired) electrons. The van der Waals surface area contributed by atoms with Gasteiger partial charge in [0.2, 0.25) is 5.91 Å². The fraction of sp³-hybridized carbons (Fsp3) is 0.696. The molecule has 1 heterocycles. The van der Waals surface area contributed by atoms with E-state index in [0.29, 0.717) is 12.5 Å². The highest BCUT2D eigenvalue weighted by Gasteiger charge is 2.60. The maximum Gasteiger partial charge on any atom is 0.234 e. The summed E-state index contributed by atoms with van der Waals surface area (Å²) in [5.74, 6) is 1.65. The molecule has 2 aliphatic carbocycles. The van der Waals surface area contributed by atoms with Crippen LogP contribution in [0.25, 0.3) is 0 Å². The fourth-order valence-electron chi connectivity index (χ4n) is 5.85. The summed E-state index contributed by atoms with van der Waals surface area (Å²) in [6.45, 7) is 12.6. The zero-order chi connectivity index (χ0) is 19.1. The summed E-state index contributed by atoms with van der Waals surface area (Å²) in [5.41, 5.74) is 1.54. The van der Waals surface area contributed by atoms with Crippen LogP contribution in [0.5, 0.6) is 0 Å². The summed E-state index contributed by atoms with van der Waals surface area (Å²) in [5, 5.41) is 3.48. The second-order valence-corrected chi connectivity index (χ2v) is 9.72. The van der Waals surface area contributed by atoms with Crippen molar-refractivity contribution in [1.82, 2.24) is 15.1 Å². The van der Waals surface area contributed by atoms with Gasteiger partial charge in [-0.15, -0.1) is 0 Å². The third kappa shape index (κ3) is 3.54. The molecule has 2 saturated carbocycles. The molecule has 148 valence electrons. The van der Waals surface area contributed by atoms with Crippen LogP contribution in [0, 0.1) is 17.3 Å². The van der Waals surface area contributed by atoms with E-state index in [1.165, 1.54) is 24.8 Å². The molecule has 27 heavy (non-hydrogen) atoms. The van der Waals surface area contributed by atoms with Gasteiger partial charge in [0.15, 0.2) is 0 Å². The lowest BCUT2D eigenvalue weighted by molar-refractivity contribution is -0.127. The van der Waals surface area contributed by atoms with Gasteiger partial charge in [-0.2, -0.15) is 0 Å². The first-order valence-electron chi connectivity index (χ1n) is 10.7. The van der Waals surface area contributed by atoms with E-state index in [-0.39, 0.29) is 16.9 Å². The summed E-state index contributed by atoms with van der Waals surface area (Å²) < 4.78 is 0. The normalized spacial score (nSPS) is 33.3. The molecule has 3 fully saturated rings. The maximum absolute atomic E-state index is 12.8. The minimum atomic E-state index is -0.0396. The monoisotopic (exact) mass is 369 g/mol. The predicted octanol–water partition coefficient (Wildman–Crippen LogP) is 3.14. The van der Waals surface area contributed by atoms with Crippen LogP contribution in [0.2, 0.25) is 0 Å². The van der Waals surface area contributed by atoms with Gasteiger partial charge in [-0.25, -0.2) is 0 Å². The van der Waals surface area contributed by atoms with E-state index in [0.717, 1.165) is 38.6 Å². The number of piperazine rings is 1. The minimum absolute atomic E-state index is 0.0396. The Hall–Kier alpha value is -1.39. The van der Waals surface area contributed by atoms with Crippen molar-refractivity contribution >= 4 is 5.91 Å². The number of amides is 1. The number of hydrogen-bond donors (Lipinski definition) is 1. The molecular weight excluding hydrogens is 334 g/mol. The number of hydrogen-bond acceptors (Lipinski definition) is 3. The van der Waals surface area contributed by atoms with Gasteiger partial charge in [-0.3, -0.25) is 14.6 Å². The Morgan fingerprint density at radius 2 is 1.63 bits per heavy atom. The van der Waals surface area contributed by atoms with Gasteiger partial charge in [0.25, 0.3) is 0 Å². The Morgan fingerprint density at radius 1 is 1.00 bits per heavy atom. The average molecular weight is 370 g/mol. The predicted molar refractivity (Wildman–Crippen MR) is 109 cm³/mol. The number of carbonyl (C=O) groups excluding carboxylic acids is 1. The van der Waals surface area contributed by atoms with Crippen molar-refractivity contribution in [2.45, 2.75) is 52.1 Å². The second kappa shape index (κ2) is 7.21. The second-order valence-electron chi connectivity index (χ2n) is 9.72. The molecule has 4 heteroatoms. The summed E-state index contributed by atoms with van der Waals surface area (Å²) in [6.07, 6.45) is 3.91. The van der Waals surface area contributed by atoms with Gasteiger partial charge in [0.05, 0.1) is 6.54 Å². The number of benzene rings is 1. The van der Waals surface area contributed by atoms with E-state index >= 15 is 0 Å². The van der Waals surface area contributed by atoms with E-state index < -0.39 is 0 Å². The van der Waals surface area contributed by atoms with Crippen LogP contribution in [-0.2, 0) is 11.3 Å². The summed E-state index contributed by atoms with van der Waals surface area (Å²) in [4.78, 5) is 17.7. The highest BCUT2D eigenvalue weighted by molar-refractivity contribution is 5.79. The smallest absolute Gasteiger partial charge is 0.234 e. The largest absolute Gasteiger partial charge is 0.349 e. The minimum Gasteiger partial charge on any atom is -0.349 e. The lowest BCUT2D eigenvalue weighted by Gasteiger charge is -2.48. The van der Waals surface area contributed by atoms with Crippen LogP contribution in [0.15, 0.2) is 30.3 Å². The molecule has 0 aromatic heterocycles. The van der Waals surface area contributed by atoms with E-state index in [4.69, 9.17) is 0 Å². The summed E-state index contributed by atoms with van der Waals surface area (Å²) >= 11 is 0. The Labute approximate surface area is 164 Å². The van der Waals surface area contributed by atoms with E-state index in [1.807, 2.05) is 0 Å². The third-order valence-corrected chi connectivity index (χ3v) is 8.09.